The highest BCUT2D eigenvalue weighted by Gasteiger charge is 2.26. The molecule has 1 saturated carbocycles. The standard InChI is InChI=1S/C11H16BrN3O3/c1-2-18-9-5-3-8(4-6-9)14-7-10(15(16)17)11(12)13-14/h7-9H,2-6H2,1H3. The highest BCUT2D eigenvalue weighted by Crippen LogP contribution is 2.32. The van der Waals surface area contributed by atoms with E-state index in [1.807, 2.05) is 6.92 Å². The van der Waals surface area contributed by atoms with Crippen LogP contribution in [0.1, 0.15) is 38.6 Å². The molecule has 2 rings (SSSR count). The van der Waals surface area contributed by atoms with Crippen LogP contribution in [0.2, 0.25) is 0 Å². The zero-order valence-corrected chi connectivity index (χ0v) is 11.8. The molecule has 7 heteroatoms. The molecule has 0 unspecified atom stereocenters. The number of halogens is 1. The van der Waals surface area contributed by atoms with Gasteiger partial charge in [-0.05, 0) is 48.5 Å². The Morgan fingerprint density at radius 1 is 1.56 bits per heavy atom. The number of hydrogen-bond donors (Lipinski definition) is 0. The Labute approximate surface area is 114 Å². The molecule has 1 aromatic heterocycles. The molecule has 100 valence electrons. The van der Waals surface area contributed by atoms with E-state index >= 15 is 0 Å². The van der Waals surface area contributed by atoms with Gasteiger partial charge in [-0.1, -0.05) is 0 Å². The molecule has 1 aliphatic rings. The summed E-state index contributed by atoms with van der Waals surface area (Å²) >= 11 is 3.12. The normalized spacial score (nSPS) is 24.1. The predicted molar refractivity (Wildman–Crippen MR) is 69.5 cm³/mol. The van der Waals surface area contributed by atoms with Crippen LogP contribution in [-0.4, -0.2) is 27.4 Å². The third kappa shape index (κ3) is 2.89. The van der Waals surface area contributed by atoms with Crippen molar-refractivity contribution in [2.24, 2.45) is 0 Å². The first-order valence-corrected chi connectivity index (χ1v) is 6.91. The second kappa shape index (κ2) is 5.79. The number of hydrogen-bond acceptors (Lipinski definition) is 4. The second-order valence-corrected chi connectivity index (χ2v) is 5.18. The molecule has 0 aromatic carbocycles. The van der Waals surface area contributed by atoms with Gasteiger partial charge in [-0.25, -0.2) is 0 Å². The van der Waals surface area contributed by atoms with Crippen molar-refractivity contribution in [3.05, 3.63) is 20.9 Å². The Kier molecular flexibility index (Phi) is 4.34. The van der Waals surface area contributed by atoms with Crippen LogP contribution in [-0.2, 0) is 4.74 Å². The SMILES string of the molecule is CCOC1CCC(n2cc([N+](=O)[O-])c(Br)n2)CC1. The quantitative estimate of drug-likeness (QED) is 0.632. The van der Waals surface area contributed by atoms with E-state index in [1.165, 1.54) is 6.20 Å². The average Bonchev–Trinajstić information content (AvgIpc) is 2.73. The minimum Gasteiger partial charge on any atom is -0.379 e. The van der Waals surface area contributed by atoms with Crippen LogP contribution in [0.25, 0.3) is 0 Å². The van der Waals surface area contributed by atoms with Crippen LogP contribution in [0.4, 0.5) is 5.69 Å². The van der Waals surface area contributed by atoms with Crippen molar-refractivity contribution < 1.29 is 9.66 Å². The first-order valence-electron chi connectivity index (χ1n) is 6.12. The Morgan fingerprint density at radius 3 is 2.72 bits per heavy atom. The first-order chi connectivity index (χ1) is 8.61. The van der Waals surface area contributed by atoms with E-state index in [-0.39, 0.29) is 11.7 Å². The molecule has 0 radical (unpaired) electrons. The lowest BCUT2D eigenvalue weighted by Crippen LogP contribution is -2.23. The van der Waals surface area contributed by atoms with Crippen molar-refractivity contribution >= 4 is 21.6 Å². The molecule has 18 heavy (non-hydrogen) atoms. The van der Waals surface area contributed by atoms with Gasteiger partial charge in [0.25, 0.3) is 0 Å². The lowest BCUT2D eigenvalue weighted by atomic mass is 9.93. The van der Waals surface area contributed by atoms with Crippen LogP contribution >= 0.6 is 15.9 Å². The number of rotatable bonds is 4. The van der Waals surface area contributed by atoms with E-state index in [2.05, 4.69) is 21.0 Å². The Balaban J connectivity index is 2.01. The van der Waals surface area contributed by atoms with E-state index in [1.54, 1.807) is 4.68 Å². The maximum Gasteiger partial charge on any atom is 0.321 e. The van der Waals surface area contributed by atoms with Crippen LogP contribution in [0.3, 0.4) is 0 Å². The number of nitrogens with zero attached hydrogens (tertiary/aromatic N) is 3. The fraction of sp³-hybridized carbons (Fsp3) is 0.727. The fourth-order valence-electron chi connectivity index (χ4n) is 2.38. The van der Waals surface area contributed by atoms with E-state index in [9.17, 15) is 10.1 Å². The summed E-state index contributed by atoms with van der Waals surface area (Å²) in [5.41, 5.74) is 0.0296. The molecule has 0 aliphatic heterocycles. The van der Waals surface area contributed by atoms with Gasteiger partial charge in [-0.3, -0.25) is 14.8 Å². The van der Waals surface area contributed by atoms with E-state index in [0.717, 1.165) is 32.3 Å². The maximum absolute atomic E-state index is 10.8. The van der Waals surface area contributed by atoms with Gasteiger partial charge in [0.1, 0.15) is 6.20 Å². The minimum atomic E-state index is -0.417. The minimum absolute atomic E-state index is 0.0296. The summed E-state index contributed by atoms with van der Waals surface area (Å²) in [7, 11) is 0. The number of aromatic nitrogens is 2. The number of nitro groups is 1. The topological polar surface area (TPSA) is 70.2 Å². The van der Waals surface area contributed by atoms with E-state index in [0.29, 0.717) is 10.7 Å². The molecule has 0 spiro atoms. The van der Waals surface area contributed by atoms with Crippen molar-refractivity contribution in [1.82, 2.24) is 9.78 Å². The smallest absolute Gasteiger partial charge is 0.321 e. The molecular weight excluding hydrogens is 302 g/mol. The summed E-state index contributed by atoms with van der Waals surface area (Å²) in [6.07, 6.45) is 5.73. The zero-order chi connectivity index (χ0) is 13.1. The van der Waals surface area contributed by atoms with Gasteiger partial charge in [0.05, 0.1) is 17.1 Å². The molecule has 0 amide bonds. The Morgan fingerprint density at radius 2 is 2.22 bits per heavy atom. The molecule has 1 aromatic rings. The molecule has 0 bridgehead atoms. The number of ether oxygens (including phenoxy) is 1. The zero-order valence-electron chi connectivity index (χ0n) is 10.2. The average molecular weight is 318 g/mol. The van der Waals surface area contributed by atoms with Crippen molar-refractivity contribution in [2.75, 3.05) is 6.61 Å². The summed E-state index contributed by atoms with van der Waals surface area (Å²) in [5.74, 6) is 0. The Hall–Kier alpha value is -0.950. The van der Waals surface area contributed by atoms with Crippen LogP contribution in [0.5, 0.6) is 0 Å². The molecule has 0 N–H and O–H groups in total. The lowest BCUT2D eigenvalue weighted by molar-refractivity contribution is -0.385. The van der Waals surface area contributed by atoms with Crippen LogP contribution in [0, 0.1) is 10.1 Å². The fourth-order valence-corrected chi connectivity index (χ4v) is 2.81. The first kappa shape index (κ1) is 13.5. The molecule has 0 atom stereocenters. The van der Waals surface area contributed by atoms with Gasteiger partial charge < -0.3 is 4.74 Å². The monoisotopic (exact) mass is 317 g/mol. The lowest BCUT2D eigenvalue weighted by Gasteiger charge is -2.28. The van der Waals surface area contributed by atoms with Crippen LogP contribution < -0.4 is 0 Å². The van der Waals surface area contributed by atoms with Gasteiger partial charge in [0.15, 0.2) is 0 Å². The van der Waals surface area contributed by atoms with Gasteiger partial charge in [-0.2, -0.15) is 5.10 Å². The molecule has 1 aliphatic carbocycles. The molecular formula is C11H16BrN3O3. The largest absolute Gasteiger partial charge is 0.379 e. The second-order valence-electron chi connectivity index (χ2n) is 4.43. The Bertz CT molecular complexity index is 427. The highest BCUT2D eigenvalue weighted by atomic mass is 79.9. The summed E-state index contributed by atoms with van der Waals surface area (Å²) in [5, 5.41) is 14.9. The van der Waals surface area contributed by atoms with Crippen molar-refractivity contribution in [1.29, 1.82) is 0 Å². The highest BCUT2D eigenvalue weighted by molar-refractivity contribution is 9.10. The van der Waals surface area contributed by atoms with E-state index in [4.69, 9.17) is 4.74 Å². The molecule has 0 saturated heterocycles. The van der Waals surface area contributed by atoms with Gasteiger partial charge in [-0.15, -0.1) is 0 Å². The van der Waals surface area contributed by atoms with Crippen molar-refractivity contribution in [3.8, 4) is 0 Å². The third-order valence-corrected chi connectivity index (χ3v) is 3.85. The molecule has 1 heterocycles. The summed E-state index contributed by atoms with van der Waals surface area (Å²) < 4.78 is 7.60. The summed E-state index contributed by atoms with van der Waals surface area (Å²) in [4.78, 5) is 10.3. The van der Waals surface area contributed by atoms with Crippen LogP contribution in [0.15, 0.2) is 10.8 Å². The summed E-state index contributed by atoms with van der Waals surface area (Å²) in [6.45, 7) is 2.74. The third-order valence-electron chi connectivity index (χ3n) is 3.29. The maximum atomic E-state index is 10.8. The van der Waals surface area contributed by atoms with E-state index < -0.39 is 4.92 Å². The van der Waals surface area contributed by atoms with Crippen molar-refractivity contribution in [3.63, 3.8) is 0 Å². The summed E-state index contributed by atoms with van der Waals surface area (Å²) in [6, 6.07) is 0.242. The van der Waals surface area contributed by atoms with Gasteiger partial charge in [0.2, 0.25) is 4.60 Å². The predicted octanol–water partition coefficient (Wildman–Crippen LogP) is 3.07. The van der Waals surface area contributed by atoms with Gasteiger partial charge in [0, 0.05) is 6.61 Å². The van der Waals surface area contributed by atoms with Gasteiger partial charge >= 0.3 is 5.69 Å². The molecule has 1 fully saturated rings. The van der Waals surface area contributed by atoms with Crippen molar-refractivity contribution in [2.45, 2.75) is 44.8 Å². The molecule has 6 nitrogen and oxygen atoms in total.